The Morgan fingerprint density at radius 2 is 1.55 bits per heavy atom. The van der Waals surface area contributed by atoms with E-state index in [1.54, 1.807) is 6.92 Å². The second kappa shape index (κ2) is 10.7. The van der Waals surface area contributed by atoms with E-state index in [-0.39, 0.29) is 6.61 Å². The third kappa shape index (κ3) is 7.49. The Kier molecular flexibility index (Phi) is 10.1. The number of rotatable bonds is 6. The van der Waals surface area contributed by atoms with Crippen molar-refractivity contribution in [2.45, 2.75) is 33.9 Å². The van der Waals surface area contributed by atoms with Gasteiger partial charge in [-0.05, 0) is 33.3 Å². The van der Waals surface area contributed by atoms with Gasteiger partial charge in [0.1, 0.15) is 0 Å². The molecule has 3 nitrogen and oxygen atoms in total. The molecule has 0 aliphatic rings. The van der Waals surface area contributed by atoms with Gasteiger partial charge in [0.25, 0.3) is 6.16 Å². The number of carbonyl (C=O) groups is 1. The van der Waals surface area contributed by atoms with Crippen LogP contribution in [0.4, 0.5) is 4.79 Å². The van der Waals surface area contributed by atoms with Gasteiger partial charge in [-0.1, -0.05) is 30.3 Å². The van der Waals surface area contributed by atoms with Gasteiger partial charge in [0.15, 0.2) is 0 Å². The zero-order valence-electron chi connectivity index (χ0n) is 13.1. The Morgan fingerprint density at radius 3 is 1.85 bits per heavy atom. The summed E-state index contributed by atoms with van der Waals surface area (Å²) in [7, 11) is -0.661. The highest BCUT2D eigenvalue weighted by Gasteiger charge is 2.30. The van der Waals surface area contributed by atoms with Crippen molar-refractivity contribution in [3.8, 4) is 0 Å². The fourth-order valence-corrected chi connectivity index (χ4v) is 5.09. The molecule has 0 radical (unpaired) electrons. The smallest absolute Gasteiger partial charge is 0.251 e. The lowest BCUT2D eigenvalue weighted by Crippen LogP contribution is -2.23. The quantitative estimate of drug-likeness (QED) is 0.595. The fourth-order valence-electron chi connectivity index (χ4n) is 2.09. The Bertz CT molecular complexity index is 353. The number of hydrogen-bond acceptors (Lipinski definition) is 3. The topological polar surface area (TPSA) is 49.4 Å². The summed E-state index contributed by atoms with van der Waals surface area (Å²) in [4.78, 5) is 9.27. The van der Waals surface area contributed by atoms with Crippen LogP contribution in [0.2, 0.25) is 0 Å². The first-order chi connectivity index (χ1) is 9.53. The second-order valence-corrected chi connectivity index (χ2v) is 9.51. The van der Waals surface area contributed by atoms with Crippen molar-refractivity contribution in [3.63, 3.8) is 0 Å². The van der Waals surface area contributed by atoms with Crippen LogP contribution < -0.4 is 5.11 Å². The summed E-state index contributed by atoms with van der Waals surface area (Å²) in [6.07, 6.45) is 4.08. The SMILES string of the molecule is CCOC(=O)[O-].CC[P+](CC)(CC)Cc1ccccc1. The first-order valence-electron chi connectivity index (χ1n) is 7.26. The minimum Gasteiger partial charge on any atom is -0.550 e. The van der Waals surface area contributed by atoms with Crippen molar-refractivity contribution in [1.82, 2.24) is 0 Å². The lowest BCUT2D eigenvalue weighted by molar-refractivity contribution is -0.282. The van der Waals surface area contributed by atoms with Crippen LogP contribution >= 0.6 is 7.26 Å². The minimum atomic E-state index is -1.46. The number of benzene rings is 1. The summed E-state index contributed by atoms with van der Waals surface area (Å²) in [6.45, 7) is 8.84. The normalized spacial score (nSPS) is 10.4. The van der Waals surface area contributed by atoms with Crippen molar-refractivity contribution in [2.75, 3.05) is 25.1 Å². The molecule has 0 bridgehead atoms. The average Bonchev–Trinajstić information content (AvgIpc) is 2.46. The lowest BCUT2D eigenvalue weighted by Gasteiger charge is -2.23. The van der Waals surface area contributed by atoms with E-state index in [1.807, 2.05) is 0 Å². The molecule has 4 heteroatoms. The van der Waals surface area contributed by atoms with Gasteiger partial charge in [0, 0.05) is 13.9 Å². The van der Waals surface area contributed by atoms with E-state index in [4.69, 9.17) is 0 Å². The molecule has 0 heterocycles. The molecule has 0 aromatic heterocycles. The molecule has 1 aromatic carbocycles. The molecule has 1 rings (SSSR count). The molecule has 20 heavy (non-hydrogen) atoms. The van der Waals surface area contributed by atoms with E-state index >= 15 is 0 Å². The van der Waals surface area contributed by atoms with Crippen LogP contribution in [-0.2, 0) is 10.9 Å². The molecule has 0 saturated heterocycles. The summed E-state index contributed by atoms with van der Waals surface area (Å²) < 4.78 is 3.85. The zero-order valence-corrected chi connectivity index (χ0v) is 14.0. The third-order valence-electron chi connectivity index (χ3n) is 3.64. The Morgan fingerprint density at radius 1 is 1.05 bits per heavy atom. The van der Waals surface area contributed by atoms with Crippen LogP contribution in [0.5, 0.6) is 0 Å². The predicted molar refractivity (Wildman–Crippen MR) is 85.7 cm³/mol. The lowest BCUT2D eigenvalue weighted by atomic mass is 10.2. The van der Waals surface area contributed by atoms with Crippen molar-refractivity contribution in [3.05, 3.63) is 35.9 Å². The van der Waals surface area contributed by atoms with E-state index < -0.39 is 13.4 Å². The van der Waals surface area contributed by atoms with E-state index in [0.717, 1.165) is 0 Å². The molecular formula is C16H27O3P. The Balaban J connectivity index is 0.000000511. The molecule has 0 unspecified atom stereocenters. The number of ether oxygens (including phenoxy) is 1. The first-order valence-corrected chi connectivity index (χ1v) is 9.79. The predicted octanol–water partition coefficient (Wildman–Crippen LogP) is 3.63. The van der Waals surface area contributed by atoms with Crippen LogP contribution in [0.1, 0.15) is 33.3 Å². The molecule has 0 amide bonds. The molecule has 0 spiro atoms. The van der Waals surface area contributed by atoms with E-state index in [9.17, 15) is 9.90 Å². The highest BCUT2D eigenvalue weighted by atomic mass is 31.2. The molecule has 1 aromatic rings. The van der Waals surface area contributed by atoms with Gasteiger partial charge in [-0.15, -0.1) is 0 Å². The standard InChI is InChI=1S/C13H22P.C3H6O3/c1-4-14(5-2,6-3)12-13-10-8-7-9-11-13;1-2-6-3(4)5/h7-11H,4-6,12H2,1-3H3;2H2,1H3,(H,4,5)/q+1;/p-1. The summed E-state index contributed by atoms with van der Waals surface area (Å²) in [5, 5.41) is 9.27. The highest BCUT2D eigenvalue weighted by Crippen LogP contribution is 2.60. The molecule has 114 valence electrons. The van der Waals surface area contributed by atoms with Crippen LogP contribution in [0.15, 0.2) is 30.3 Å². The monoisotopic (exact) mass is 298 g/mol. The largest absolute Gasteiger partial charge is 0.550 e. The van der Waals surface area contributed by atoms with Crippen molar-refractivity contribution >= 4 is 13.4 Å². The molecular weight excluding hydrogens is 271 g/mol. The summed E-state index contributed by atoms with van der Waals surface area (Å²) >= 11 is 0. The molecule has 0 N–H and O–H groups in total. The summed E-state index contributed by atoms with van der Waals surface area (Å²) in [5.74, 6) is 0. The van der Waals surface area contributed by atoms with E-state index in [1.165, 1.54) is 30.2 Å². The number of carbonyl (C=O) groups excluding carboxylic acids is 1. The molecule has 0 aliphatic heterocycles. The average molecular weight is 298 g/mol. The van der Waals surface area contributed by atoms with Crippen LogP contribution in [0.25, 0.3) is 0 Å². The van der Waals surface area contributed by atoms with Crippen LogP contribution in [0, 0.1) is 0 Å². The summed E-state index contributed by atoms with van der Waals surface area (Å²) in [5.41, 5.74) is 1.53. The molecule has 0 saturated carbocycles. The maximum atomic E-state index is 9.27. The van der Waals surface area contributed by atoms with Crippen molar-refractivity contribution < 1.29 is 14.6 Å². The van der Waals surface area contributed by atoms with Gasteiger partial charge < -0.3 is 14.6 Å². The van der Waals surface area contributed by atoms with Crippen molar-refractivity contribution in [1.29, 1.82) is 0 Å². The van der Waals surface area contributed by atoms with Gasteiger partial charge in [-0.3, -0.25) is 0 Å². The summed E-state index contributed by atoms with van der Waals surface area (Å²) in [6, 6.07) is 11.0. The second-order valence-electron chi connectivity index (χ2n) is 4.62. The number of carboxylic acid groups (broad SMARTS) is 1. The highest BCUT2D eigenvalue weighted by molar-refractivity contribution is 7.75. The van der Waals surface area contributed by atoms with Gasteiger partial charge >= 0.3 is 0 Å². The zero-order chi connectivity index (χ0) is 15.4. The number of hydrogen-bond donors (Lipinski definition) is 0. The maximum absolute atomic E-state index is 9.27. The minimum absolute atomic E-state index is 0.169. The fraction of sp³-hybridized carbons (Fsp3) is 0.562. The maximum Gasteiger partial charge on any atom is 0.251 e. The van der Waals surface area contributed by atoms with Gasteiger partial charge in [-0.2, -0.15) is 0 Å². The molecule has 0 fully saturated rings. The molecule has 0 atom stereocenters. The Hall–Kier alpha value is -1.08. The van der Waals surface area contributed by atoms with Gasteiger partial charge in [0.05, 0.1) is 24.6 Å². The van der Waals surface area contributed by atoms with Crippen LogP contribution in [0.3, 0.4) is 0 Å². The van der Waals surface area contributed by atoms with E-state index in [2.05, 4.69) is 55.8 Å². The first kappa shape index (κ1) is 18.9. The molecule has 0 aliphatic carbocycles. The van der Waals surface area contributed by atoms with Gasteiger partial charge in [-0.25, -0.2) is 0 Å². The van der Waals surface area contributed by atoms with Crippen molar-refractivity contribution in [2.24, 2.45) is 0 Å². The van der Waals surface area contributed by atoms with E-state index in [0.29, 0.717) is 0 Å². The third-order valence-corrected chi connectivity index (χ3v) is 8.70. The van der Waals surface area contributed by atoms with Gasteiger partial charge in [0.2, 0.25) is 0 Å². The Labute approximate surface area is 123 Å². The van der Waals surface area contributed by atoms with Crippen LogP contribution in [-0.4, -0.2) is 31.2 Å².